The van der Waals surface area contributed by atoms with E-state index in [1.54, 1.807) is 7.11 Å². The molecule has 1 aliphatic rings. The number of hydrogen-bond donors (Lipinski definition) is 0. The standard InChI is InChI=1S/C19H23ClO/c1-19(10-4-3-5-11-19)18(20)16-7-6-15-13-17(21-2)9-8-14(15)12-16/h6-9,12-13,18H,3-5,10-11H2,1-2H3. The van der Waals surface area contributed by atoms with Crippen LogP contribution in [0.15, 0.2) is 36.4 Å². The zero-order valence-corrected chi connectivity index (χ0v) is 13.6. The predicted octanol–water partition coefficient (Wildman–Crippen LogP) is 6.10. The normalized spacial score (nSPS) is 19.4. The number of hydrogen-bond acceptors (Lipinski definition) is 1. The summed E-state index contributed by atoms with van der Waals surface area (Å²) >= 11 is 6.86. The predicted molar refractivity (Wildman–Crippen MR) is 90.3 cm³/mol. The Morgan fingerprint density at radius 1 is 1.00 bits per heavy atom. The second-order valence-electron chi connectivity index (χ2n) is 6.55. The van der Waals surface area contributed by atoms with Gasteiger partial charge in [-0.2, -0.15) is 0 Å². The maximum atomic E-state index is 6.86. The molecule has 0 radical (unpaired) electrons. The van der Waals surface area contributed by atoms with E-state index in [9.17, 15) is 0 Å². The molecule has 1 atom stereocenters. The van der Waals surface area contributed by atoms with E-state index in [4.69, 9.17) is 16.3 Å². The van der Waals surface area contributed by atoms with Crippen LogP contribution in [0.4, 0.5) is 0 Å². The number of alkyl halides is 1. The van der Waals surface area contributed by atoms with Gasteiger partial charge in [-0.25, -0.2) is 0 Å². The summed E-state index contributed by atoms with van der Waals surface area (Å²) in [5.41, 5.74) is 1.48. The third-order valence-corrected chi connectivity index (χ3v) is 5.75. The lowest BCUT2D eigenvalue weighted by molar-refractivity contribution is 0.206. The van der Waals surface area contributed by atoms with Gasteiger partial charge in [0.2, 0.25) is 0 Å². The van der Waals surface area contributed by atoms with Crippen LogP contribution in [0.5, 0.6) is 5.75 Å². The van der Waals surface area contributed by atoms with Crippen molar-refractivity contribution in [3.63, 3.8) is 0 Å². The molecule has 1 nitrogen and oxygen atoms in total. The number of benzene rings is 2. The van der Waals surface area contributed by atoms with Gasteiger partial charge in [-0.15, -0.1) is 11.6 Å². The molecule has 0 aromatic heterocycles. The largest absolute Gasteiger partial charge is 0.497 e. The molecule has 0 spiro atoms. The van der Waals surface area contributed by atoms with E-state index in [1.165, 1.54) is 48.4 Å². The summed E-state index contributed by atoms with van der Waals surface area (Å²) in [5, 5.41) is 2.54. The molecule has 2 heteroatoms. The van der Waals surface area contributed by atoms with Gasteiger partial charge in [0.1, 0.15) is 5.75 Å². The van der Waals surface area contributed by atoms with E-state index in [-0.39, 0.29) is 10.8 Å². The van der Waals surface area contributed by atoms with Crippen molar-refractivity contribution in [1.29, 1.82) is 0 Å². The van der Waals surface area contributed by atoms with Crippen molar-refractivity contribution in [2.75, 3.05) is 7.11 Å². The fourth-order valence-corrected chi connectivity index (χ4v) is 3.90. The minimum Gasteiger partial charge on any atom is -0.497 e. The highest BCUT2D eigenvalue weighted by atomic mass is 35.5. The van der Waals surface area contributed by atoms with Gasteiger partial charge in [0.05, 0.1) is 12.5 Å². The van der Waals surface area contributed by atoms with Crippen LogP contribution >= 0.6 is 11.6 Å². The number of halogens is 1. The Kier molecular flexibility index (Phi) is 4.12. The van der Waals surface area contributed by atoms with Gasteiger partial charge in [-0.3, -0.25) is 0 Å². The van der Waals surface area contributed by atoms with Gasteiger partial charge in [-0.05, 0) is 52.8 Å². The van der Waals surface area contributed by atoms with Gasteiger partial charge in [0.15, 0.2) is 0 Å². The summed E-state index contributed by atoms with van der Waals surface area (Å²) in [6, 6.07) is 12.8. The zero-order chi connectivity index (χ0) is 14.9. The summed E-state index contributed by atoms with van der Waals surface area (Å²) in [6.07, 6.45) is 6.45. The van der Waals surface area contributed by atoms with E-state index >= 15 is 0 Å². The first-order chi connectivity index (χ1) is 10.1. The summed E-state index contributed by atoms with van der Waals surface area (Å²) in [7, 11) is 1.70. The lowest BCUT2D eigenvalue weighted by Crippen LogP contribution is -2.25. The SMILES string of the molecule is COc1ccc2cc(C(Cl)C3(C)CCCCC3)ccc2c1. The highest BCUT2D eigenvalue weighted by molar-refractivity contribution is 6.21. The fourth-order valence-electron chi connectivity index (χ4n) is 3.54. The molecule has 0 bridgehead atoms. The van der Waals surface area contributed by atoms with Crippen LogP contribution in [0.3, 0.4) is 0 Å². The van der Waals surface area contributed by atoms with Crippen molar-refractivity contribution in [1.82, 2.24) is 0 Å². The van der Waals surface area contributed by atoms with Gasteiger partial charge < -0.3 is 4.74 Å². The molecule has 0 saturated heterocycles. The van der Waals surface area contributed by atoms with Crippen molar-refractivity contribution in [2.24, 2.45) is 5.41 Å². The molecule has 112 valence electrons. The average molecular weight is 303 g/mol. The number of fused-ring (bicyclic) bond motifs is 1. The van der Waals surface area contributed by atoms with Crippen LogP contribution in [0, 0.1) is 5.41 Å². The second kappa shape index (κ2) is 5.88. The third kappa shape index (κ3) is 2.89. The first-order valence-corrected chi connectivity index (χ1v) is 8.28. The maximum absolute atomic E-state index is 6.86. The highest BCUT2D eigenvalue weighted by Gasteiger charge is 2.35. The lowest BCUT2D eigenvalue weighted by Gasteiger charge is -2.38. The summed E-state index contributed by atoms with van der Waals surface area (Å²) in [4.78, 5) is 0. The van der Waals surface area contributed by atoms with Crippen LogP contribution in [0.1, 0.15) is 50.0 Å². The Hall–Kier alpha value is -1.21. The number of methoxy groups -OCH3 is 1. The lowest BCUT2D eigenvalue weighted by atomic mass is 9.71. The van der Waals surface area contributed by atoms with E-state index < -0.39 is 0 Å². The summed E-state index contributed by atoms with van der Waals surface area (Å²) < 4.78 is 5.29. The molecule has 1 aliphatic carbocycles. The molecule has 0 N–H and O–H groups in total. The summed E-state index contributed by atoms with van der Waals surface area (Å²) in [5.74, 6) is 0.900. The van der Waals surface area contributed by atoms with Crippen molar-refractivity contribution >= 4 is 22.4 Å². The van der Waals surface area contributed by atoms with Gasteiger partial charge in [-0.1, -0.05) is 44.4 Å². The van der Waals surface area contributed by atoms with Crippen LogP contribution in [-0.2, 0) is 0 Å². The number of ether oxygens (including phenoxy) is 1. The second-order valence-corrected chi connectivity index (χ2v) is 6.99. The first-order valence-electron chi connectivity index (χ1n) is 7.84. The van der Waals surface area contributed by atoms with Gasteiger partial charge in [0, 0.05) is 0 Å². The third-order valence-electron chi connectivity index (χ3n) is 4.97. The molecule has 21 heavy (non-hydrogen) atoms. The van der Waals surface area contributed by atoms with Crippen molar-refractivity contribution in [3.05, 3.63) is 42.0 Å². The van der Waals surface area contributed by atoms with Crippen molar-refractivity contribution in [2.45, 2.75) is 44.4 Å². The van der Waals surface area contributed by atoms with Crippen LogP contribution in [-0.4, -0.2) is 7.11 Å². The molecule has 2 aromatic carbocycles. The summed E-state index contributed by atoms with van der Waals surface area (Å²) in [6.45, 7) is 2.35. The Balaban J connectivity index is 1.93. The Morgan fingerprint density at radius 3 is 2.38 bits per heavy atom. The monoisotopic (exact) mass is 302 g/mol. The van der Waals surface area contributed by atoms with E-state index in [0.29, 0.717) is 0 Å². The van der Waals surface area contributed by atoms with Crippen LogP contribution < -0.4 is 4.74 Å². The van der Waals surface area contributed by atoms with E-state index in [2.05, 4.69) is 37.3 Å². The smallest absolute Gasteiger partial charge is 0.119 e. The molecule has 0 heterocycles. The average Bonchev–Trinajstić information content (AvgIpc) is 2.53. The quantitative estimate of drug-likeness (QED) is 0.623. The maximum Gasteiger partial charge on any atom is 0.119 e. The van der Waals surface area contributed by atoms with Crippen molar-refractivity contribution in [3.8, 4) is 5.75 Å². The zero-order valence-electron chi connectivity index (χ0n) is 12.9. The Morgan fingerprint density at radius 2 is 1.67 bits per heavy atom. The van der Waals surface area contributed by atoms with E-state index in [0.717, 1.165) is 5.75 Å². The molecule has 3 rings (SSSR count). The molecular formula is C19H23ClO. The van der Waals surface area contributed by atoms with E-state index in [1.807, 2.05) is 6.07 Å². The molecule has 1 fully saturated rings. The number of rotatable bonds is 3. The van der Waals surface area contributed by atoms with Gasteiger partial charge >= 0.3 is 0 Å². The molecule has 2 aromatic rings. The highest BCUT2D eigenvalue weighted by Crippen LogP contribution is 2.49. The topological polar surface area (TPSA) is 9.23 Å². The first kappa shape index (κ1) is 14.7. The van der Waals surface area contributed by atoms with Crippen molar-refractivity contribution < 1.29 is 4.74 Å². The fraction of sp³-hybridized carbons (Fsp3) is 0.474. The minimum atomic E-state index is 0.101. The van der Waals surface area contributed by atoms with Gasteiger partial charge in [0.25, 0.3) is 0 Å². The molecule has 1 saturated carbocycles. The molecule has 0 aliphatic heterocycles. The molecular weight excluding hydrogens is 280 g/mol. The Bertz CT molecular complexity index is 628. The van der Waals surface area contributed by atoms with Crippen LogP contribution in [0.2, 0.25) is 0 Å². The van der Waals surface area contributed by atoms with Crippen LogP contribution in [0.25, 0.3) is 10.8 Å². The Labute approximate surface area is 132 Å². The molecule has 1 unspecified atom stereocenters. The molecule has 0 amide bonds. The minimum absolute atomic E-state index is 0.101.